The number of rotatable bonds is 4. The highest BCUT2D eigenvalue weighted by molar-refractivity contribution is 7.88. The Kier molecular flexibility index (Phi) is 5.10. The molecule has 1 aromatic carbocycles. The maximum absolute atomic E-state index is 14.5. The van der Waals surface area contributed by atoms with E-state index in [1.54, 1.807) is 0 Å². The smallest absolute Gasteiger partial charge is 0.492 e. The number of hydrogen-bond acceptors (Lipinski definition) is 5. The average molecular weight is 374 g/mol. The van der Waals surface area contributed by atoms with Crippen molar-refractivity contribution >= 4 is 16.1 Å². The minimum absolute atomic E-state index is 0.354. The van der Waals surface area contributed by atoms with Gasteiger partial charge in [-0.25, -0.2) is 9.18 Å². The molecule has 136 valence electrons. The normalized spacial score (nSPS) is 12.8. The SMILES string of the molecule is COc1c(C(=O)O)cc(C(C)(C)C)c(F)c1OS(=O)(=O)C(F)(F)F. The first-order chi connectivity index (χ1) is 10.6. The molecule has 0 radical (unpaired) electrons. The van der Waals surface area contributed by atoms with Crippen LogP contribution in [-0.4, -0.2) is 32.1 Å². The third kappa shape index (κ3) is 3.71. The summed E-state index contributed by atoms with van der Waals surface area (Å²) in [4.78, 5) is 11.3. The van der Waals surface area contributed by atoms with Gasteiger partial charge in [0.25, 0.3) is 0 Å². The van der Waals surface area contributed by atoms with Crippen molar-refractivity contribution in [3.63, 3.8) is 0 Å². The van der Waals surface area contributed by atoms with E-state index in [4.69, 9.17) is 5.11 Å². The van der Waals surface area contributed by atoms with Crippen LogP contribution in [0.15, 0.2) is 6.07 Å². The molecule has 0 amide bonds. The number of halogens is 4. The van der Waals surface area contributed by atoms with E-state index in [1.807, 2.05) is 0 Å². The summed E-state index contributed by atoms with van der Waals surface area (Å²) in [6, 6.07) is 0.851. The fourth-order valence-electron chi connectivity index (χ4n) is 1.76. The maximum atomic E-state index is 14.5. The van der Waals surface area contributed by atoms with E-state index >= 15 is 0 Å². The van der Waals surface area contributed by atoms with Gasteiger partial charge in [-0.05, 0) is 17.0 Å². The van der Waals surface area contributed by atoms with Crippen LogP contribution in [0.4, 0.5) is 17.6 Å². The van der Waals surface area contributed by atoms with Crippen molar-refractivity contribution in [2.24, 2.45) is 0 Å². The van der Waals surface area contributed by atoms with Crippen molar-refractivity contribution in [2.75, 3.05) is 7.11 Å². The molecular weight excluding hydrogens is 360 g/mol. The van der Waals surface area contributed by atoms with Crippen LogP contribution in [0.2, 0.25) is 0 Å². The summed E-state index contributed by atoms with van der Waals surface area (Å²) in [5.41, 5.74) is -7.98. The van der Waals surface area contributed by atoms with Crippen LogP contribution < -0.4 is 8.92 Å². The van der Waals surface area contributed by atoms with E-state index in [1.165, 1.54) is 20.8 Å². The maximum Gasteiger partial charge on any atom is 0.534 e. The predicted octanol–water partition coefficient (Wildman–Crippen LogP) is 3.06. The molecule has 6 nitrogen and oxygen atoms in total. The third-order valence-corrected chi connectivity index (χ3v) is 3.85. The molecule has 0 fully saturated rings. The van der Waals surface area contributed by atoms with E-state index in [9.17, 15) is 30.8 Å². The lowest BCUT2D eigenvalue weighted by atomic mass is 9.85. The van der Waals surface area contributed by atoms with Gasteiger partial charge in [0.1, 0.15) is 5.56 Å². The molecule has 0 aliphatic rings. The Balaban J connectivity index is 3.81. The van der Waals surface area contributed by atoms with E-state index in [0.717, 1.165) is 13.2 Å². The summed E-state index contributed by atoms with van der Waals surface area (Å²) in [5, 5.41) is 9.13. The van der Waals surface area contributed by atoms with Gasteiger partial charge in [-0.2, -0.15) is 21.6 Å². The number of hydrogen-bond donors (Lipinski definition) is 1. The number of aromatic carboxylic acids is 1. The Labute approximate surface area is 135 Å². The molecule has 1 aromatic rings. The summed E-state index contributed by atoms with van der Waals surface area (Å²) in [5.74, 6) is -5.55. The molecule has 0 saturated heterocycles. The van der Waals surface area contributed by atoms with Gasteiger partial charge < -0.3 is 14.0 Å². The van der Waals surface area contributed by atoms with Gasteiger partial charge in [0.05, 0.1) is 7.11 Å². The monoisotopic (exact) mass is 374 g/mol. The topological polar surface area (TPSA) is 89.9 Å². The first-order valence-corrected chi connectivity index (χ1v) is 7.69. The lowest BCUT2D eigenvalue weighted by Gasteiger charge is -2.23. The lowest BCUT2D eigenvalue weighted by Crippen LogP contribution is -2.29. The number of carbonyl (C=O) groups is 1. The van der Waals surface area contributed by atoms with Crippen molar-refractivity contribution in [3.8, 4) is 11.5 Å². The molecule has 1 rings (SSSR count). The van der Waals surface area contributed by atoms with Crippen LogP contribution in [0.5, 0.6) is 11.5 Å². The molecule has 0 unspecified atom stereocenters. The number of benzene rings is 1. The number of carboxylic acid groups (broad SMARTS) is 1. The quantitative estimate of drug-likeness (QED) is 0.495. The second-order valence-corrected chi connectivity index (χ2v) is 7.22. The van der Waals surface area contributed by atoms with Crippen molar-refractivity contribution in [1.29, 1.82) is 0 Å². The minimum atomic E-state index is -6.22. The van der Waals surface area contributed by atoms with Crippen LogP contribution in [0.1, 0.15) is 36.7 Å². The largest absolute Gasteiger partial charge is 0.534 e. The van der Waals surface area contributed by atoms with Gasteiger partial charge in [0.2, 0.25) is 5.75 Å². The first-order valence-electron chi connectivity index (χ1n) is 6.28. The summed E-state index contributed by atoms with van der Waals surface area (Å²) in [6.07, 6.45) is 0. The molecule has 0 spiro atoms. The zero-order chi connectivity index (χ0) is 19.1. The molecule has 1 N–H and O–H groups in total. The van der Waals surface area contributed by atoms with Gasteiger partial charge in [-0.3, -0.25) is 0 Å². The van der Waals surface area contributed by atoms with Gasteiger partial charge in [-0.1, -0.05) is 20.8 Å². The third-order valence-electron chi connectivity index (χ3n) is 2.89. The van der Waals surface area contributed by atoms with Crippen molar-refractivity contribution < 1.29 is 44.8 Å². The Hall–Kier alpha value is -2.04. The Morgan fingerprint density at radius 1 is 1.17 bits per heavy atom. The highest BCUT2D eigenvalue weighted by Crippen LogP contribution is 2.42. The van der Waals surface area contributed by atoms with Crippen LogP contribution in [0.25, 0.3) is 0 Å². The Bertz CT molecular complexity index is 762. The second-order valence-electron chi connectivity index (χ2n) is 5.69. The van der Waals surface area contributed by atoms with Crippen LogP contribution >= 0.6 is 0 Å². The van der Waals surface area contributed by atoms with Crippen LogP contribution in [-0.2, 0) is 15.5 Å². The van der Waals surface area contributed by atoms with E-state index < -0.39 is 49.9 Å². The molecule has 0 saturated carbocycles. The highest BCUT2D eigenvalue weighted by atomic mass is 32.2. The zero-order valence-electron chi connectivity index (χ0n) is 13.0. The number of carboxylic acids is 1. The standard InChI is InChI=1S/C13H14F4O6S/c1-12(2,3)7-5-6(11(18)19)9(22-4)10(8(7)14)23-24(20,21)13(15,16)17/h5H,1-4H3,(H,18,19). The van der Waals surface area contributed by atoms with Gasteiger partial charge >= 0.3 is 21.6 Å². The van der Waals surface area contributed by atoms with Crippen LogP contribution in [0, 0.1) is 5.82 Å². The summed E-state index contributed by atoms with van der Waals surface area (Å²) < 4.78 is 82.7. The Morgan fingerprint density at radius 3 is 2.00 bits per heavy atom. The molecule has 0 aliphatic heterocycles. The predicted molar refractivity (Wildman–Crippen MR) is 74.2 cm³/mol. The number of methoxy groups -OCH3 is 1. The summed E-state index contributed by atoms with van der Waals surface area (Å²) in [6.45, 7) is 4.35. The Morgan fingerprint density at radius 2 is 1.67 bits per heavy atom. The molecule has 11 heteroatoms. The summed E-state index contributed by atoms with van der Waals surface area (Å²) >= 11 is 0. The van der Waals surface area contributed by atoms with Gasteiger partial charge in [0, 0.05) is 0 Å². The average Bonchev–Trinajstić information content (AvgIpc) is 2.37. The molecule has 0 aromatic heterocycles. The fourth-order valence-corrected chi connectivity index (χ4v) is 2.22. The first kappa shape index (κ1) is 20.0. The molecule has 0 heterocycles. The number of alkyl halides is 3. The van der Waals surface area contributed by atoms with Crippen molar-refractivity contribution in [3.05, 3.63) is 23.0 Å². The van der Waals surface area contributed by atoms with Crippen LogP contribution in [0.3, 0.4) is 0 Å². The van der Waals surface area contributed by atoms with E-state index in [-0.39, 0.29) is 5.56 Å². The highest BCUT2D eigenvalue weighted by Gasteiger charge is 2.50. The molecule has 0 atom stereocenters. The van der Waals surface area contributed by atoms with E-state index in [0.29, 0.717) is 0 Å². The van der Waals surface area contributed by atoms with Gasteiger partial charge in [-0.15, -0.1) is 0 Å². The number of ether oxygens (including phenoxy) is 1. The molecule has 24 heavy (non-hydrogen) atoms. The van der Waals surface area contributed by atoms with Crippen molar-refractivity contribution in [2.45, 2.75) is 31.7 Å². The van der Waals surface area contributed by atoms with E-state index in [2.05, 4.69) is 8.92 Å². The van der Waals surface area contributed by atoms with Crippen molar-refractivity contribution in [1.82, 2.24) is 0 Å². The summed E-state index contributed by atoms with van der Waals surface area (Å²) in [7, 11) is -5.39. The minimum Gasteiger partial charge on any atom is -0.492 e. The molecule has 0 aliphatic carbocycles. The zero-order valence-corrected chi connectivity index (χ0v) is 13.8. The molecule has 0 bridgehead atoms. The second kappa shape index (κ2) is 6.11. The molecular formula is C13H14F4O6S. The van der Waals surface area contributed by atoms with Gasteiger partial charge in [0.15, 0.2) is 11.6 Å². The fraction of sp³-hybridized carbons (Fsp3) is 0.462. The lowest BCUT2D eigenvalue weighted by molar-refractivity contribution is -0.0501.